The first-order valence-corrected chi connectivity index (χ1v) is 6.96. The van der Waals surface area contributed by atoms with Crippen LogP contribution in [0.1, 0.15) is 35.2 Å². The third-order valence-electron chi connectivity index (χ3n) is 2.96. The number of benzene rings is 1. The van der Waals surface area contributed by atoms with Gasteiger partial charge in [-0.05, 0) is 37.0 Å². The van der Waals surface area contributed by atoms with Crippen LogP contribution in [0.3, 0.4) is 0 Å². The Kier molecular flexibility index (Phi) is 7.89. The van der Waals surface area contributed by atoms with E-state index in [1.807, 2.05) is 0 Å². The van der Waals surface area contributed by atoms with Crippen molar-refractivity contribution in [3.05, 3.63) is 35.4 Å². The standard InChI is InChI=1S/C15H22N2O4/c1-21-10-4-2-3-9-16-15(20)17-11-12-5-7-13(8-6-12)14(18)19/h5-8H,2-4,9-11H2,1H3,(H,18,19)(H2,16,17,20). The Morgan fingerprint density at radius 1 is 1.10 bits per heavy atom. The highest BCUT2D eigenvalue weighted by Crippen LogP contribution is 2.04. The second-order valence-electron chi connectivity index (χ2n) is 4.66. The second-order valence-corrected chi connectivity index (χ2v) is 4.66. The first-order chi connectivity index (χ1) is 10.1. The van der Waals surface area contributed by atoms with Gasteiger partial charge in [0.15, 0.2) is 0 Å². The zero-order chi connectivity index (χ0) is 15.5. The molecule has 0 aliphatic heterocycles. The van der Waals surface area contributed by atoms with Gasteiger partial charge >= 0.3 is 12.0 Å². The predicted octanol–water partition coefficient (Wildman–Crippen LogP) is 2.00. The van der Waals surface area contributed by atoms with E-state index in [-0.39, 0.29) is 11.6 Å². The van der Waals surface area contributed by atoms with Gasteiger partial charge in [-0.1, -0.05) is 12.1 Å². The van der Waals surface area contributed by atoms with Crippen molar-refractivity contribution < 1.29 is 19.4 Å². The predicted molar refractivity (Wildman–Crippen MR) is 79.4 cm³/mol. The number of hydrogen-bond donors (Lipinski definition) is 3. The molecule has 0 aliphatic carbocycles. The van der Waals surface area contributed by atoms with Crippen LogP contribution in [0.5, 0.6) is 0 Å². The Morgan fingerprint density at radius 2 is 1.81 bits per heavy atom. The summed E-state index contributed by atoms with van der Waals surface area (Å²) in [6.07, 6.45) is 2.94. The van der Waals surface area contributed by atoms with Gasteiger partial charge in [0.25, 0.3) is 0 Å². The average molecular weight is 294 g/mol. The van der Waals surface area contributed by atoms with Gasteiger partial charge in [0, 0.05) is 26.8 Å². The third-order valence-corrected chi connectivity index (χ3v) is 2.96. The van der Waals surface area contributed by atoms with Crippen molar-refractivity contribution in [2.24, 2.45) is 0 Å². The van der Waals surface area contributed by atoms with E-state index in [0.29, 0.717) is 13.1 Å². The fourth-order valence-corrected chi connectivity index (χ4v) is 1.76. The molecule has 0 unspecified atom stereocenters. The number of carboxylic acid groups (broad SMARTS) is 1. The molecule has 6 heteroatoms. The SMILES string of the molecule is COCCCCCNC(=O)NCc1ccc(C(=O)O)cc1. The molecule has 2 amide bonds. The molecule has 116 valence electrons. The van der Waals surface area contributed by atoms with Crippen LogP contribution in [-0.4, -0.2) is 37.4 Å². The molecule has 0 spiro atoms. The van der Waals surface area contributed by atoms with E-state index >= 15 is 0 Å². The zero-order valence-corrected chi connectivity index (χ0v) is 12.2. The first kappa shape index (κ1) is 17.0. The summed E-state index contributed by atoms with van der Waals surface area (Å²) >= 11 is 0. The highest BCUT2D eigenvalue weighted by Gasteiger charge is 2.03. The minimum absolute atomic E-state index is 0.218. The lowest BCUT2D eigenvalue weighted by Crippen LogP contribution is -2.35. The normalized spacial score (nSPS) is 10.1. The summed E-state index contributed by atoms with van der Waals surface area (Å²) in [5, 5.41) is 14.3. The van der Waals surface area contributed by atoms with E-state index in [1.165, 1.54) is 12.1 Å². The van der Waals surface area contributed by atoms with Crippen molar-refractivity contribution in [1.29, 1.82) is 0 Å². The minimum Gasteiger partial charge on any atom is -0.478 e. The van der Waals surface area contributed by atoms with Gasteiger partial charge in [0.1, 0.15) is 0 Å². The molecular weight excluding hydrogens is 272 g/mol. The molecule has 3 N–H and O–H groups in total. The molecule has 1 aromatic carbocycles. The number of nitrogens with one attached hydrogen (secondary N) is 2. The lowest BCUT2D eigenvalue weighted by molar-refractivity contribution is 0.0697. The number of aromatic carboxylic acids is 1. The zero-order valence-electron chi connectivity index (χ0n) is 12.2. The van der Waals surface area contributed by atoms with Crippen molar-refractivity contribution in [3.63, 3.8) is 0 Å². The average Bonchev–Trinajstić information content (AvgIpc) is 2.49. The van der Waals surface area contributed by atoms with Crippen LogP contribution in [0.4, 0.5) is 4.79 Å². The smallest absolute Gasteiger partial charge is 0.335 e. The van der Waals surface area contributed by atoms with Crippen molar-refractivity contribution in [2.45, 2.75) is 25.8 Å². The van der Waals surface area contributed by atoms with Gasteiger partial charge in [-0.25, -0.2) is 9.59 Å². The quantitative estimate of drug-likeness (QED) is 0.608. The van der Waals surface area contributed by atoms with Gasteiger partial charge in [0.2, 0.25) is 0 Å². The molecule has 1 aromatic rings. The molecule has 0 fully saturated rings. The van der Waals surface area contributed by atoms with Crippen LogP contribution in [0.25, 0.3) is 0 Å². The molecule has 0 radical (unpaired) electrons. The number of ether oxygens (including phenoxy) is 1. The number of unbranched alkanes of at least 4 members (excludes halogenated alkanes) is 2. The van der Waals surface area contributed by atoms with Crippen LogP contribution in [-0.2, 0) is 11.3 Å². The molecule has 1 rings (SSSR count). The highest BCUT2D eigenvalue weighted by molar-refractivity contribution is 5.87. The lowest BCUT2D eigenvalue weighted by Gasteiger charge is -2.08. The Balaban J connectivity index is 2.16. The lowest BCUT2D eigenvalue weighted by atomic mass is 10.1. The number of amides is 2. The van der Waals surface area contributed by atoms with Crippen molar-refractivity contribution in [3.8, 4) is 0 Å². The minimum atomic E-state index is -0.958. The van der Waals surface area contributed by atoms with E-state index in [9.17, 15) is 9.59 Å². The summed E-state index contributed by atoms with van der Waals surface area (Å²) in [4.78, 5) is 22.2. The largest absolute Gasteiger partial charge is 0.478 e. The highest BCUT2D eigenvalue weighted by atomic mass is 16.5. The summed E-state index contributed by atoms with van der Waals surface area (Å²) in [5.41, 5.74) is 1.09. The summed E-state index contributed by atoms with van der Waals surface area (Å²) in [6, 6.07) is 6.20. The molecule has 0 heterocycles. The first-order valence-electron chi connectivity index (χ1n) is 6.96. The van der Waals surface area contributed by atoms with Gasteiger partial charge < -0.3 is 20.5 Å². The van der Waals surface area contributed by atoms with Crippen LogP contribution >= 0.6 is 0 Å². The molecule has 0 aromatic heterocycles. The van der Waals surface area contributed by atoms with Crippen molar-refractivity contribution in [1.82, 2.24) is 10.6 Å². The Bertz CT molecular complexity index is 445. The number of urea groups is 1. The number of carboxylic acids is 1. The number of hydrogen-bond acceptors (Lipinski definition) is 3. The molecular formula is C15H22N2O4. The van der Waals surface area contributed by atoms with Gasteiger partial charge in [0.05, 0.1) is 5.56 Å². The summed E-state index contributed by atoms with van der Waals surface area (Å²) in [7, 11) is 1.68. The molecule has 0 saturated heterocycles. The fraction of sp³-hybridized carbons (Fsp3) is 0.467. The maximum Gasteiger partial charge on any atom is 0.335 e. The number of rotatable bonds is 9. The number of carbonyl (C=O) groups excluding carboxylic acids is 1. The van der Waals surface area contributed by atoms with Gasteiger partial charge in [-0.3, -0.25) is 0 Å². The van der Waals surface area contributed by atoms with Crippen LogP contribution in [0.2, 0.25) is 0 Å². The van der Waals surface area contributed by atoms with Crippen LogP contribution < -0.4 is 10.6 Å². The van der Waals surface area contributed by atoms with E-state index < -0.39 is 5.97 Å². The van der Waals surface area contributed by atoms with Gasteiger partial charge in [-0.15, -0.1) is 0 Å². The molecule has 0 aliphatic rings. The Labute approximate surface area is 124 Å². The summed E-state index contributed by atoms with van der Waals surface area (Å²) in [6.45, 7) is 1.75. The Hall–Kier alpha value is -2.08. The van der Waals surface area contributed by atoms with E-state index in [0.717, 1.165) is 31.4 Å². The van der Waals surface area contributed by atoms with E-state index in [1.54, 1.807) is 19.2 Å². The molecule has 21 heavy (non-hydrogen) atoms. The van der Waals surface area contributed by atoms with Crippen LogP contribution in [0.15, 0.2) is 24.3 Å². The third kappa shape index (κ3) is 7.31. The number of carbonyl (C=O) groups is 2. The maximum absolute atomic E-state index is 11.5. The number of methoxy groups -OCH3 is 1. The van der Waals surface area contributed by atoms with E-state index in [2.05, 4.69) is 10.6 Å². The topological polar surface area (TPSA) is 87.7 Å². The Morgan fingerprint density at radius 3 is 2.43 bits per heavy atom. The summed E-state index contributed by atoms with van der Waals surface area (Å²) < 4.78 is 4.94. The summed E-state index contributed by atoms with van der Waals surface area (Å²) in [5.74, 6) is -0.958. The molecule has 6 nitrogen and oxygen atoms in total. The fourth-order valence-electron chi connectivity index (χ4n) is 1.76. The van der Waals surface area contributed by atoms with E-state index in [4.69, 9.17) is 9.84 Å². The second kappa shape index (κ2) is 9.77. The molecule has 0 bridgehead atoms. The van der Waals surface area contributed by atoms with Crippen molar-refractivity contribution in [2.75, 3.05) is 20.3 Å². The monoisotopic (exact) mass is 294 g/mol. The van der Waals surface area contributed by atoms with Crippen molar-refractivity contribution >= 4 is 12.0 Å². The van der Waals surface area contributed by atoms with Crippen LogP contribution in [0, 0.1) is 0 Å². The maximum atomic E-state index is 11.5. The molecule has 0 atom stereocenters. The molecule has 0 saturated carbocycles. The van der Waals surface area contributed by atoms with Gasteiger partial charge in [-0.2, -0.15) is 0 Å².